The van der Waals surface area contributed by atoms with E-state index >= 15 is 0 Å². The van der Waals surface area contributed by atoms with E-state index in [9.17, 15) is 9.59 Å². The lowest BCUT2D eigenvalue weighted by Crippen LogP contribution is -2.01. The molecule has 0 aliphatic rings. The second-order valence-electron chi connectivity index (χ2n) is 3.80. The molecule has 0 amide bonds. The van der Waals surface area contributed by atoms with E-state index in [0.29, 0.717) is 5.56 Å². The quantitative estimate of drug-likeness (QED) is 0.793. The summed E-state index contributed by atoms with van der Waals surface area (Å²) in [6.07, 6.45) is 1.31. The van der Waals surface area contributed by atoms with Crippen LogP contribution in [0, 0.1) is 6.92 Å². The van der Waals surface area contributed by atoms with Crippen molar-refractivity contribution < 1.29 is 14.7 Å². The van der Waals surface area contributed by atoms with Gasteiger partial charge in [-0.2, -0.15) is 0 Å². The molecule has 17 heavy (non-hydrogen) atoms. The van der Waals surface area contributed by atoms with E-state index in [1.807, 2.05) is 19.1 Å². The van der Waals surface area contributed by atoms with Gasteiger partial charge in [-0.3, -0.25) is 4.79 Å². The maximum absolute atomic E-state index is 12.0. The Balaban J connectivity index is 2.30. The minimum atomic E-state index is -1.05. The maximum Gasteiger partial charge on any atom is 0.337 e. The van der Waals surface area contributed by atoms with Gasteiger partial charge < -0.3 is 10.1 Å². The van der Waals surface area contributed by atoms with E-state index in [2.05, 4.69) is 4.98 Å². The third-order valence-electron chi connectivity index (χ3n) is 2.49. The number of benzene rings is 1. The summed E-state index contributed by atoms with van der Waals surface area (Å²) in [5.74, 6) is -1.26. The molecule has 1 aromatic carbocycles. The van der Waals surface area contributed by atoms with Crippen LogP contribution in [0.1, 0.15) is 32.0 Å². The first kappa shape index (κ1) is 11.1. The van der Waals surface area contributed by atoms with Crippen molar-refractivity contribution in [2.45, 2.75) is 6.92 Å². The fourth-order valence-electron chi connectivity index (χ4n) is 1.51. The third kappa shape index (κ3) is 2.25. The molecule has 0 spiro atoms. The number of carboxylic acids is 1. The number of hydrogen-bond donors (Lipinski definition) is 2. The summed E-state index contributed by atoms with van der Waals surface area (Å²) in [6, 6.07) is 8.46. The van der Waals surface area contributed by atoms with Gasteiger partial charge in [0, 0.05) is 11.8 Å². The Labute approximate surface area is 97.9 Å². The molecule has 0 fully saturated rings. The average molecular weight is 229 g/mol. The Bertz CT molecular complexity index is 567. The van der Waals surface area contributed by atoms with Gasteiger partial charge in [-0.15, -0.1) is 0 Å². The zero-order valence-corrected chi connectivity index (χ0v) is 9.23. The number of aromatic nitrogens is 1. The maximum atomic E-state index is 12.0. The second-order valence-corrected chi connectivity index (χ2v) is 3.80. The summed E-state index contributed by atoms with van der Waals surface area (Å²) in [6.45, 7) is 1.94. The summed E-state index contributed by atoms with van der Waals surface area (Å²) >= 11 is 0. The van der Waals surface area contributed by atoms with Gasteiger partial charge in [-0.05, 0) is 13.0 Å². The summed E-state index contributed by atoms with van der Waals surface area (Å²) in [7, 11) is 0. The summed E-state index contributed by atoms with van der Waals surface area (Å²) < 4.78 is 0. The Hall–Kier alpha value is -2.36. The number of nitrogens with one attached hydrogen (secondary N) is 1. The lowest BCUT2D eigenvalue weighted by molar-refractivity contribution is 0.0697. The zero-order valence-electron chi connectivity index (χ0n) is 9.23. The number of aromatic amines is 1. The molecule has 0 aliphatic heterocycles. The largest absolute Gasteiger partial charge is 0.478 e. The highest BCUT2D eigenvalue weighted by Crippen LogP contribution is 2.11. The van der Waals surface area contributed by atoms with E-state index in [-0.39, 0.29) is 17.0 Å². The predicted molar refractivity (Wildman–Crippen MR) is 62.4 cm³/mol. The fraction of sp³-hybridized carbons (Fsp3) is 0.0769. The van der Waals surface area contributed by atoms with Gasteiger partial charge in [0.2, 0.25) is 5.78 Å². The van der Waals surface area contributed by atoms with Crippen LogP contribution in [-0.2, 0) is 0 Å². The summed E-state index contributed by atoms with van der Waals surface area (Å²) in [4.78, 5) is 25.3. The molecular formula is C13H11NO3. The fourth-order valence-corrected chi connectivity index (χ4v) is 1.51. The number of aryl methyl sites for hydroxylation is 1. The Morgan fingerprint density at radius 2 is 1.76 bits per heavy atom. The number of carbonyl (C=O) groups excluding carboxylic acids is 1. The lowest BCUT2D eigenvalue weighted by atomic mass is 10.1. The number of aromatic carboxylic acids is 1. The average Bonchev–Trinajstić information content (AvgIpc) is 2.78. The van der Waals surface area contributed by atoms with E-state index < -0.39 is 5.97 Å². The first-order valence-corrected chi connectivity index (χ1v) is 5.11. The van der Waals surface area contributed by atoms with Crippen LogP contribution in [0.15, 0.2) is 36.5 Å². The van der Waals surface area contributed by atoms with Gasteiger partial charge >= 0.3 is 5.97 Å². The van der Waals surface area contributed by atoms with Gasteiger partial charge in [-0.25, -0.2) is 4.79 Å². The van der Waals surface area contributed by atoms with Gasteiger partial charge in [0.1, 0.15) is 0 Å². The van der Waals surface area contributed by atoms with Gasteiger partial charge in [0.15, 0.2) is 0 Å². The van der Waals surface area contributed by atoms with E-state index in [1.54, 1.807) is 12.1 Å². The van der Waals surface area contributed by atoms with E-state index in [1.165, 1.54) is 12.3 Å². The molecule has 2 N–H and O–H groups in total. The van der Waals surface area contributed by atoms with Crippen LogP contribution in [0.2, 0.25) is 0 Å². The molecular weight excluding hydrogens is 218 g/mol. The van der Waals surface area contributed by atoms with Crippen LogP contribution in [-0.4, -0.2) is 21.8 Å². The van der Waals surface area contributed by atoms with Crippen LogP contribution in [0.3, 0.4) is 0 Å². The Kier molecular flexibility index (Phi) is 2.78. The van der Waals surface area contributed by atoms with Crippen LogP contribution in [0.5, 0.6) is 0 Å². The van der Waals surface area contributed by atoms with Gasteiger partial charge in [0.05, 0.1) is 11.3 Å². The van der Waals surface area contributed by atoms with Crippen molar-refractivity contribution in [1.29, 1.82) is 0 Å². The Morgan fingerprint density at radius 1 is 1.12 bits per heavy atom. The summed E-state index contributed by atoms with van der Waals surface area (Å²) in [5.41, 5.74) is 1.97. The topological polar surface area (TPSA) is 70.2 Å². The Morgan fingerprint density at radius 3 is 2.29 bits per heavy atom. The number of H-pyrrole nitrogens is 1. The molecule has 1 heterocycles. The molecule has 0 unspecified atom stereocenters. The van der Waals surface area contributed by atoms with Gasteiger partial charge in [0.25, 0.3) is 0 Å². The molecule has 2 rings (SSSR count). The van der Waals surface area contributed by atoms with Crippen molar-refractivity contribution in [3.8, 4) is 0 Å². The van der Waals surface area contributed by atoms with Crippen LogP contribution in [0.4, 0.5) is 0 Å². The molecule has 0 saturated heterocycles. The molecule has 0 bridgehead atoms. The number of carbonyl (C=O) groups is 2. The van der Waals surface area contributed by atoms with Crippen LogP contribution in [0.25, 0.3) is 0 Å². The third-order valence-corrected chi connectivity index (χ3v) is 2.49. The molecule has 4 heteroatoms. The molecule has 0 saturated carbocycles. The standard InChI is InChI=1S/C13H11NO3/c1-8-2-4-9(5-3-8)12(15)11-6-10(7-14-11)13(16)17/h2-7,14H,1H3,(H,16,17). The van der Waals surface area contributed by atoms with Crippen molar-refractivity contribution >= 4 is 11.8 Å². The van der Waals surface area contributed by atoms with Crippen molar-refractivity contribution in [2.24, 2.45) is 0 Å². The van der Waals surface area contributed by atoms with E-state index in [4.69, 9.17) is 5.11 Å². The molecule has 0 aliphatic carbocycles. The van der Waals surface area contributed by atoms with Crippen LogP contribution >= 0.6 is 0 Å². The first-order valence-electron chi connectivity index (χ1n) is 5.11. The highest BCUT2D eigenvalue weighted by Gasteiger charge is 2.13. The van der Waals surface area contributed by atoms with Crippen LogP contribution < -0.4 is 0 Å². The minimum absolute atomic E-state index is 0.0838. The highest BCUT2D eigenvalue weighted by molar-refractivity contribution is 6.08. The predicted octanol–water partition coefficient (Wildman–Crippen LogP) is 2.25. The van der Waals surface area contributed by atoms with Crippen molar-refractivity contribution in [3.63, 3.8) is 0 Å². The molecule has 2 aromatic rings. The first-order chi connectivity index (χ1) is 8.08. The monoisotopic (exact) mass is 229 g/mol. The van der Waals surface area contributed by atoms with Crippen molar-refractivity contribution in [3.05, 3.63) is 58.9 Å². The number of hydrogen-bond acceptors (Lipinski definition) is 2. The smallest absolute Gasteiger partial charge is 0.337 e. The molecule has 0 radical (unpaired) electrons. The molecule has 0 atom stereocenters. The van der Waals surface area contributed by atoms with E-state index in [0.717, 1.165) is 5.56 Å². The lowest BCUT2D eigenvalue weighted by Gasteiger charge is -1.98. The normalized spacial score (nSPS) is 10.2. The number of carboxylic acid groups (broad SMARTS) is 1. The van der Waals surface area contributed by atoms with Crippen molar-refractivity contribution in [1.82, 2.24) is 4.98 Å². The number of rotatable bonds is 3. The number of ketones is 1. The SMILES string of the molecule is Cc1ccc(C(=O)c2cc(C(=O)O)c[nH]2)cc1. The second kappa shape index (κ2) is 4.25. The molecule has 86 valence electrons. The highest BCUT2D eigenvalue weighted by atomic mass is 16.4. The van der Waals surface area contributed by atoms with Gasteiger partial charge in [-0.1, -0.05) is 29.8 Å². The van der Waals surface area contributed by atoms with Crippen molar-refractivity contribution in [2.75, 3.05) is 0 Å². The summed E-state index contributed by atoms with van der Waals surface area (Å²) in [5, 5.41) is 8.76. The molecule has 4 nitrogen and oxygen atoms in total. The zero-order chi connectivity index (χ0) is 12.4. The molecule has 1 aromatic heterocycles. The minimum Gasteiger partial charge on any atom is -0.478 e.